The molecule has 0 radical (unpaired) electrons. The van der Waals surface area contributed by atoms with Crippen molar-refractivity contribution in [3.63, 3.8) is 0 Å². The maximum Gasteiger partial charge on any atom is 0.227 e. The van der Waals surface area contributed by atoms with Gasteiger partial charge in [-0.3, -0.25) is 4.79 Å². The molecule has 5 nitrogen and oxygen atoms in total. The molecule has 5 heteroatoms. The molecule has 0 bridgehead atoms. The third-order valence-electron chi connectivity index (χ3n) is 4.94. The van der Waals surface area contributed by atoms with E-state index in [0.29, 0.717) is 12.5 Å². The Labute approximate surface area is 126 Å². The zero-order valence-corrected chi connectivity index (χ0v) is 13.6. The molecule has 0 saturated heterocycles. The molecule has 2 aliphatic rings. The number of hydrogen-bond acceptors (Lipinski definition) is 3. The lowest BCUT2D eigenvalue weighted by Gasteiger charge is -2.28. The van der Waals surface area contributed by atoms with E-state index in [1.807, 2.05) is 11.8 Å². The molecule has 3 rings (SSSR count). The maximum atomic E-state index is 12.8. The summed E-state index contributed by atoms with van der Waals surface area (Å²) in [4.78, 5) is 14.8. The summed E-state index contributed by atoms with van der Waals surface area (Å²) in [6.07, 6.45) is 2.25. The molecule has 1 aromatic heterocycles. The normalized spacial score (nSPS) is 26.2. The average Bonchev–Trinajstić information content (AvgIpc) is 2.77. The van der Waals surface area contributed by atoms with Crippen LogP contribution < -0.4 is 0 Å². The molecule has 0 aromatic carbocycles. The highest BCUT2D eigenvalue weighted by molar-refractivity contribution is 5.83. The van der Waals surface area contributed by atoms with Gasteiger partial charge >= 0.3 is 0 Å². The average molecular weight is 288 g/mol. The van der Waals surface area contributed by atoms with E-state index in [1.165, 1.54) is 5.57 Å². The highest BCUT2D eigenvalue weighted by atomic mass is 16.2. The first kappa shape index (κ1) is 14.3. The monoisotopic (exact) mass is 288 g/mol. The molecule has 114 valence electrons. The fourth-order valence-corrected chi connectivity index (χ4v) is 3.51. The number of carbonyl (C=O) groups is 1. The van der Waals surface area contributed by atoms with Gasteiger partial charge in [0.15, 0.2) is 5.82 Å². The van der Waals surface area contributed by atoms with Crippen molar-refractivity contribution in [2.45, 2.75) is 47.7 Å². The standard InChI is InChI=1S/C16H24N4O/c1-10(2)8-12-14(16(12,4)5)15(21)19-6-7-20-11(3)17-18-13(20)9-19/h8,12,14H,6-7,9H2,1-5H3/t12-,14-/m1/s1. The fraction of sp³-hybridized carbons (Fsp3) is 0.688. The summed E-state index contributed by atoms with van der Waals surface area (Å²) in [6.45, 7) is 12.7. The molecule has 2 heterocycles. The molecule has 21 heavy (non-hydrogen) atoms. The molecule has 2 atom stereocenters. The van der Waals surface area contributed by atoms with Crippen molar-refractivity contribution in [2.75, 3.05) is 6.54 Å². The summed E-state index contributed by atoms with van der Waals surface area (Å²) in [7, 11) is 0. The SMILES string of the molecule is CC(C)=C[C@@H]1[C@H](C(=O)N2CCn3c(C)nnc3C2)C1(C)C. The molecular formula is C16H24N4O. The second-order valence-corrected chi connectivity index (χ2v) is 7.14. The molecular weight excluding hydrogens is 264 g/mol. The first-order chi connectivity index (χ1) is 9.82. The van der Waals surface area contributed by atoms with E-state index in [4.69, 9.17) is 0 Å². The van der Waals surface area contributed by atoms with Gasteiger partial charge in [-0.2, -0.15) is 0 Å². The Hall–Kier alpha value is -1.65. The summed E-state index contributed by atoms with van der Waals surface area (Å²) in [5.41, 5.74) is 1.37. The summed E-state index contributed by atoms with van der Waals surface area (Å²) in [6, 6.07) is 0. The highest BCUT2D eigenvalue weighted by Gasteiger charge is 2.61. The molecule has 0 spiro atoms. The van der Waals surface area contributed by atoms with E-state index in [9.17, 15) is 4.79 Å². The maximum absolute atomic E-state index is 12.8. The number of fused-ring (bicyclic) bond motifs is 1. The van der Waals surface area contributed by atoms with E-state index < -0.39 is 0 Å². The quantitative estimate of drug-likeness (QED) is 0.784. The summed E-state index contributed by atoms with van der Waals surface area (Å²) >= 11 is 0. The van der Waals surface area contributed by atoms with Gasteiger partial charge in [-0.1, -0.05) is 25.5 Å². The fourth-order valence-electron chi connectivity index (χ4n) is 3.51. The number of allylic oxidation sites excluding steroid dienone is 2. The van der Waals surface area contributed by atoms with Crippen LogP contribution in [0, 0.1) is 24.2 Å². The number of rotatable bonds is 2. The van der Waals surface area contributed by atoms with Crippen molar-refractivity contribution < 1.29 is 4.79 Å². The van der Waals surface area contributed by atoms with Crippen LogP contribution in [0.3, 0.4) is 0 Å². The Balaban J connectivity index is 1.75. The molecule has 1 saturated carbocycles. The van der Waals surface area contributed by atoms with Crippen molar-refractivity contribution in [3.8, 4) is 0 Å². The van der Waals surface area contributed by atoms with Gasteiger partial charge in [0.1, 0.15) is 5.82 Å². The Morgan fingerprint density at radius 1 is 1.29 bits per heavy atom. The lowest BCUT2D eigenvalue weighted by Crippen LogP contribution is -2.40. The first-order valence-electron chi connectivity index (χ1n) is 7.65. The zero-order chi connectivity index (χ0) is 15.4. The Kier molecular flexibility index (Phi) is 3.19. The molecule has 0 N–H and O–H groups in total. The van der Waals surface area contributed by atoms with Crippen molar-refractivity contribution in [1.82, 2.24) is 19.7 Å². The van der Waals surface area contributed by atoms with Crippen LogP contribution in [0.25, 0.3) is 0 Å². The summed E-state index contributed by atoms with van der Waals surface area (Å²) in [5, 5.41) is 8.28. The van der Waals surface area contributed by atoms with Gasteiger partial charge in [-0.05, 0) is 32.1 Å². The molecule has 0 unspecified atom stereocenters. The van der Waals surface area contributed by atoms with Crippen molar-refractivity contribution >= 4 is 5.91 Å². The van der Waals surface area contributed by atoms with Crippen molar-refractivity contribution in [3.05, 3.63) is 23.3 Å². The van der Waals surface area contributed by atoms with Crippen LogP contribution in [0.1, 0.15) is 39.3 Å². The third kappa shape index (κ3) is 2.28. The van der Waals surface area contributed by atoms with Crippen LogP contribution in [0.15, 0.2) is 11.6 Å². The molecule has 1 aliphatic carbocycles. The molecule has 1 amide bonds. The Bertz CT molecular complexity index is 610. The number of carbonyl (C=O) groups excluding carboxylic acids is 1. The second-order valence-electron chi connectivity index (χ2n) is 7.14. The largest absolute Gasteiger partial charge is 0.333 e. The smallest absolute Gasteiger partial charge is 0.227 e. The second kappa shape index (κ2) is 4.68. The predicted octanol–water partition coefficient (Wildman–Crippen LogP) is 2.17. The van der Waals surface area contributed by atoms with E-state index in [0.717, 1.165) is 24.7 Å². The topological polar surface area (TPSA) is 51.0 Å². The lowest BCUT2D eigenvalue weighted by atomic mass is 10.1. The van der Waals surface area contributed by atoms with Gasteiger partial charge in [0.2, 0.25) is 5.91 Å². The van der Waals surface area contributed by atoms with Gasteiger partial charge in [0, 0.05) is 13.1 Å². The molecule has 1 aliphatic heterocycles. The van der Waals surface area contributed by atoms with Gasteiger partial charge in [-0.15, -0.1) is 10.2 Å². The van der Waals surface area contributed by atoms with Crippen molar-refractivity contribution in [1.29, 1.82) is 0 Å². The Morgan fingerprint density at radius 3 is 2.67 bits per heavy atom. The first-order valence-corrected chi connectivity index (χ1v) is 7.65. The minimum atomic E-state index is 0.0788. The number of aryl methyl sites for hydroxylation is 1. The van der Waals surface area contributed by atoms with E-state index >= 15 is 0 Å². The van der Waals surface area contributed by atoms with Crippen LogP contribution in [0.5, 0.6) is 0 Å². The zero-order valence-electron chi connectivity index (χ0n) is 13.6. The summed E-state index contributed by atoms with van der Waals surface area (Å²) in [5.74, 6) is 2.60. The van der Waals surface area contributed by atoms with Crippen LogP contribution in [-0.4, -0.2) is 32.1 Å². The Morgan fingerprint density at radius 2 is 2.00 bits per heavy atom. The van der Waals surface area contributed by atoms with Gasteiger partial charge in [0.05, 0.1) is 12.5 Å². The van der Waals surface area contributed by atoms with Gasteiger partial charge in [0.25, 0.3) is 0 Å². The van der Waals surface area contributed by atoms with Gasteiger partial charge < -0.3 is 9.47 Å². The highest BCUT2D eigenvalue weighted by Crippen LogP contribution is 2.60. The number of hydrogen-bond donors (Lipinski definition) is 0. The number of nitrogens with zero attached hydrogens (tertiary/aromatic N) is 4. The number of amides is 1. The van der Waals surface area contributed by atoms with E-state index in [2.05, 4.69) is 48.5 Å². The van der Waals surface area contributed by atoms with Crippen LogP contribution in [0.4, 0.5) is 0 Å². The predicted molar refractivity (Wildman–Crippen MR) is 80.4 cm³/mol. The minimum absolute atomic E-state index is 0.0788. The van der Waals surface area contributed by atoms with Gasteiger partial charge in [-0.25, -0.2) is 0 Å². The van der Waals surface area contributed by atoms with Crippen LogP contribution >= 0.6 is 0 Å². The lowest BCUT2D eigenvalue weighted by molar-refractivity contribution is -0.135. The van der Waals surface area contributed by atoms with E-state index in [-0.39, 0.29) is 17.2 Å². The van der Waals surface area contributed by atoms with E-state index in [1.54, 1.807) is 0 Å². The molecule has 1 aromatic rings. The molecule has 1 fully saturated rings. The van der Waals surface area contributed by atoms with Crippen LogP contribution in [-0.2, 0) is 17.9 Å². The third-order valence-corrected chi connectivity index (χ3v) is 4.94. The summed E-state index contributed by atoms with van der Waals surface area (Å²) < 4.78 is 2.11. The minimum Gasteiger partial charge on any atom is -0.333 e. The number of aromatic nitrogens is 3. The van der Waals surface area contributed by atoms with Crippen LogP contribution in [0.2, 0.25) is 0 Å². The van der Waals surface area contributed by atoms with Crippen molar-refractivity contribution in [2.24, 2.45) is 17.3 Å².